The lowest BCUT2D eigenvalue weighted by molar-refractivity contribution is -0.140. The highest BCUT2D eigenvalue weighted by Crippen LogP contribution is 2.17. The molecule has 0 spiro atoms. The number of carbonyl (C=O) groups is 1. The van der Waals surface area contributed by atoms with E-state index >= 15 is 0 Å². The van der Waals surface area contributed by atoms with Crippen molar-refractivity contribution in [1.29, 1.82) is 0 Å². The average molecular weight is 228 g/mol. The molecule has 0 aliphatic carbocycles. The summed E-state index contributed by atoms with van der Waals surface area (Å²) in [6.07, 6.45) is 0. The second-order valence-electron chi connectivity index (χ2n) is 4.25. The van der Waals surface area contributed by atoms with E-state index in [9.17, 15) is 4.79 Å². The molecule has 2 atom stereocenters. The Morgan fingerprint density at radius 3 is 2.75 bits per heavy atom. The second kappa shape index (κ2) is 5.61. The van der Waals surface area contributed by atoms with Gasteiger partial charge in [0.05, 0.1) is 32.3 Å². The van der Waals surface area contributed by atoms with E-state index in [2.05, 4.69) is 12.2 Å². The standard InChI is InChI=1S/C11H20N2O3/c1-2-12-10-8-16-7-9(10)11(14)13-3-5-15-6-4-13/h9-10,12H,2-8H2,1H3. The Bertz CT molecular complexity index is 241. The van der Waals surface area contributed by atoms with E-state index in [-0.39, 0.29) is 17.9 Å². The monoisotopic (exact) mass is 228 g/mol. The fourth-order valence-electron chi connectivity index (χ4n) is 2.28. The molecule has 2 unspecified atom stereocenters. The van der Waals surface area contributed by atoms with Crippen molar-refractivity contribution in [2.45, 2.75) is 13.0 Å². The van der Waals surface area contributed by atoms with E-state index in [0.29, 0.717) is 39.5 Å². The van der Waals surface area contributed by atoms with Crippen LogP contribution in [0.3, 0.4) is 0 Å². The molecule has 0 radical (unpaired) electrons. The molecule has 0 saturated carbocycles. The number of likely N-dealkylation sites (N-methyl/N-ethyl adjacent to an activating group) is 1. The number of amides is 1. The Kier molecular flexibility index (Phi) is 4.15. The van der Waals surface area contributed by atoms with Gasteiger partial charge < -0.3 is 19.7 Å². The first-order chi connectivity index (χ1) is 7.83. The first kappa shape index (κ1) is 11.8. The maximum Gasteiger partial charge on any atom is 0.229 e. The Morgan fingerprint density at radius 1 is 1.31 bits per heavy atom. The number of carbonyl (C=O) groups excluding carboxylic acids is 1. The average Bonchev–Trinajstić information content (AvgIpc) is 2.78. The van der Waals surface area contributed by atoms with E-state index in [1.807, 2.05) is 4.90 Å². The quantitative estimate of drug-likeness (QED) is 0.705. The highest BCUT2D eigenvalue weighted by molar-refractivity contribution is 5.80. The van der Waals surface area contributed by atoms with Crippen LogP contribution in [-0.4, -0.2) is 62.9 Å². The molecule has 2 rings (SSSR count). The molecule has 92 valence electrons. The number of ether oxygens (including phenoxy) is 2. The molecule has 2 aliphatic rings. The van der Waals surface area contributed by atoms with Gasteiger partial charge in [0, 0.05) is 19.1 Å². The van der Waals surface area contributed by atoms with Crippen LogP contribution >= 0.6 is 0 Å². The van der Waals surface area contributed by atoms with Gasteiger partial charge in [-0.15, -0.1) is 0 Å². The predicted molar refractivity (Wildman–Crippen MR) is 59.2 cm³/mol. The number of nitrogens with zero attached hydrogens (tertiary/aromatic N) is 1. The van der Waals surface area contributed by atoms with Crippen molar-refractivity contribution < 1.29 is 14.3 Å². The van der Waals surface area contributed by atoms with E-state index in [1.54, 1.807) is 0 Å². The van der Waals surface area contributed by atoms with Gasteiger partial charge in [0.1, 0.15) is 0 Å². The van der Waals surface area contributed by atoms with Crippen LogP contribution in [0.4, 0.5) is 0 Å². The molecule has 0 aromatic carbocycles. The van der Waals surface area contributed by atoms with Gasteiger partial charge in [-0.2, -0.15) is 0 Å². The zero-order chi connectivity index (χ0) is 11.4. The topological polar surface area (TPSA) is 50.8 Å². The van der Waals surface area contributed by atoms with Gasteiger partial charge in [-0.3, -0.25) is 4.79 Å². The Morgan fingerprint density at radius 2 is 2.06 bits per heavy atom. The fourth-order valence-corrected chi connectivity index (χ4v) is 2.28. The summed E-state index contributed by atoms with van der Waals surface area (Å²) >= 11 is 0. The number of hydrogen-bond donors (Lipinski definition) is 1. The minimum Gasteiger partial charge on any atom is -0.379 e. The van der Waals surface area contributed by atoms with Gasteiger partial charge in [0.15, 0.2) is 0 Å². The van der Waals surface area contributed by atoms with Gasteiger partial charge >= 0.3 is 0 Å². The van der Waals surface area contributed by atoms with Crippen LogP contribution in [0.15, 0.2) is 0 Å². The second-order valence-corrected chi connectivity index (χ2v) is 4.25. The Labute approximate surface area is 96.1 Å². The van der Waals surface area contributed by atoms with Crippen molar-refractivity contribution >= 4 is 5.91 Å². The lowest BCUT2D eigenvalue weighted by Crippen LogP contribution is -2.49. The van der Waals surface area contributed by atoms with E-state index in [4.69, 9.17) is 9.47 Å². The predicted octanol–water partition coefficient (Wildman–Crippen LogP) is -0.530. The van der Waals surface area contributed by atoms with Crippen molar-refractivity contribution in [1.82, 2.24) is 10.2 Å². The van der Waals surface area contributed by atoms with Gasteiger partial charge in [-0.25, -0.2) is 0 Å². The highest BCUT2D eigenvalue weighted by atomic mass is 16.5. The zero-order valence-electron chi connectivity index (χ0n) is 9.78. The Balaban J connectivity index is 1.91. The van der Waals surface area contributed by atoms with Gasteiger partial charge in [-0.1, -0.05) is 6.92 Å². The number of hydrogen-bond acceptors (Lipinski definition) is 4. The third-order valence-electron chi connectivity index (χ3n) is 3.19. The van der Waals surface area contributed by atoms with Crippen LogP contribution in [0.2, 0.25) is 0 Å². The SMILES string of the molecule is CCNC1COCC1C(=O)N1CCOCC1. The van der Waals surface area contributed by atoms with Gasteiger partial charge in [0.2, 0.25) is 5.91 Å². The van der Waals surface area contributed by atoms with E-state index in [0.717, 1.165) is 6.54 Å². The summed E-state index contributed by atoms with van der Waals surface area (Å²) in [7, 11) is 0. The molecule has 1 amide bonds. The summed E-state index contributed by atoms with van der Waals surface area (Å²) < 4.78 is 10.6. The number of morpholine rings is 1. The third kappa shape index (κ3) is 2.53. The molecule has 0 bridgehead atoms. The van der Waals surface area contributed by atoms with Crippen LogP contribution in [0, 0.1) is 5.92 Å². The zero-order valence-corrected chi connectivity index (χ0v) is 9.78. The van der Waals surface area contributed by atoms with E-state index < -0.39 is 0 Å². The lowest BCUT2D eigenvalue weighted by atomic mass is 10.0. The van der Waals surface area contributed by atoms with Crippen LogP contribution in [0.25, 0.3) is 0 Å². The molecule has 0 aromatic rings. The van der Waals surface area contributed by atoms with Crippen molar-refractivity contribution in [2.24, 2.45) is 5.92 Å². The van der Waals surface area contributed by atoms with Crippen LogP contribution in [-0.2, 0) is 14.3 Å². The molecule has 2 fully saturated rings. The minimum atomic E-state index is -0.0157. The number of rotatable bonds is 3. The van der Waals surface area contributed by atoms with Crippen LogP contribution in [0.5, 0.6) is 0 Å². The van der Waals surface area contributed by atoms with Crippen molar-refractivity contribution in [3.8, 4) is 0 Å². The summed E-state index contributed by atoms with van der Waals surface area (Å²) in [6.45, 7) is 6.87. The molecule has 2 heterocycles. The van der Waals surface area contributed by atoms with Gasteiger partial charge in [-0.05, 0) is 6.54 Å². The number of nitrogens with one attached hydrogen (secondary N) is 1. The normalized spacial score (nSPS) is 30.7. The molecule has 1 N–H and O–H groups in total. The summed E-state index contributed by atoms with van der Waals surface area (Å²) in [4.78, 5) is 14.1. The summed E-state index contributed by atoms with van der Waals surface area (Å²) in [5, 5.41) is 3.31. The van der Waals surface area contributed by atoms with E-state index in [1.165, 1.54) is 0 Å². The Hall–Kier alpha value is -0.650. The molecular weight excluding hydrogens is 208 g/mol. The first-order valence-corrected chi connectivity index (χ1v) is 6.00. The highest BCUT2D eigenvalue weighted by Gasteiger charge is 2.36. The van der Waals surface area contributed by atoms with Crippen molar-refractivity contribution in [3.63, 3.8) is 0 Å². The van der Waals surface area contributed by atoms with Crippen molar-refractivity contribution in [3.05, 3.63) is 0 Å². The molecule has 5 heteroatoms. The van der Waals surface area contributed by atoms with Crippen LogP contribution in [0.1, 0.15) is 6.92 Å². The molecule has 5 nitrogen and oxygen atoms in total. The summed E-state index contributed by atoms with van der Waals surface area (Å²) in [5.74, 6) is 0.199. The fraction of sp³-hybridized carbons (Fsp3) is 0.909. The summed E-state index contributed by atoms with van der Waals surface area (Å²) in [5.41, 5.74) is 0. The molecule has 2 aliphatic heterocycles. The van der Waals surface area contributed by atoms with Crippen molar-refractivity contribution in [2.75, 3.05) is 46.1 Å². The summed E-state index contributed by atoms with van der Waals surface area (Å²) in [6, 6.07) is 0.181. The molecular formula is C11H20N2O3. The lowest BCUT2D eigenvalue weighted by Gasteiger charge is -2.30. The largest absolute Gasteiger partial charge is 0.379 e. The molecule has 2 saturated heterocycles. The maximum absolute atomic E-state index is 12.2. The smallest absolute Gasteiger partial charge is 0.229 e. The first-order valence-electron chi connectivity index (χ1n) is 6.00. The van der Waals surface area contributed by atoms with Crippen LogP contribution < -0.4 is 5.32 Å². The minimum absolute atomic E-state index is 0.0157. The maximum atomic E-state index is 12.2. The third-order valence-corrected chi connectivity index (χ3v) is 3.19. The van der Waals surface area contributed by atoms with Gasteiger partial charge in [0.25, 0.3) is 0 Å². The molecule has 0 aromatic heterocycles. The molecule has 16 heavy (non-hydrogen) atoms.